The number of nitrogens with one attached hydrogen (secondary N) is 2. The first-order valence-corrected chi connectivity index (χ1v) is 4.01. The lowest BCUT2D eigenvalue weighted by atomic mass is 10.1. The van der Waals surface area contributed by atoms with Crippen molar-refractivity contribution in [2.45, 2.75) is 0 Å². The highest BCUT2D eigenvalue weighted by molar-refractivity contribution is 5.89. The van der Waals surface area contributed by atoms with E-state index < -0.39 is 0 Å². The summed E-state index contributed by atoms with van der Waals surface area (Å²) in [6, 6.07) is 4.95. The van der Waals surface area contributed by atoms with Crippen LogP contribution in [0.3, 0.4) is 0 Å². The van der Waals surface area contributed by atoms with Gasteiger partial charge in [-0.05, 0) is 6.07 Å². The molecule has 0 spiro atoms. The molecule has 5 nitrogen and oxygen atoms in total. The SMILES string of the molecule is N=Cc1cccc(O)c1-c1ncn[nH]1. The summed E-state index contributed by atoms with van der Waals surface area (Å²) < 4.78 is 0. The second kappa shape index (κ2) is 3.29. The number of hydrogen-bond acceptors (Lipinski definition) is 4. The van der Waals surface area contributed by atoms with Crippen LogP contribution in [0.4, 0.5) is 0 Å². The summed E-state index contributed by atoms with van der Waals surface area (Å²) in [5, 5.41) is 23.1. The van der Waals surface area contributed by atoms with Crippen molar-refractivity contribution in [3.05, 3.63) is 30.1 Å². The molecule has 0 saturated carbocycles. The zero-order valence-corrected chi connectivity index (χ0v) is 7.23. The first-order valence-electron chi connectivity index (χ1n) is 4.01. The van der Waals surface area contributed by atoms with Crippen LogP contribution in [0, 0.1) is 5.41 Å². The molecular formula is C9H8N4O. The van der Waals surface area contributed by atoms with E-state index in [0.717, 1.165) is 6.21 Å². The Hall–Kier alpha value is -2.17. The summed E-state index contributed by atoms with van der Waals surface area (Å²) in [6.45, 7) is 0. The number of aromatic hydroxyl groups is 1. The number of hydrogen-bond donors (Lipinski definition) is 3. The molecule has 0 fully saturated rings. The number of phenols is 1. The van der Waals surface area contributed by atoms with Crippen LogP contribution in [0.2, 0.25) is 0 Å². The zero-order chi connectivity index (χ0) is 9.97. The first kappa shape index (κ1) is 8.43. The molecule has 14 heavy (non-hydrogen) atoms. The van der Waals surface area contributed by atoms with Crippen LogP contribution >= 0.6 is 0 Å². The van der Waals surface area contributed by atoms with E-state index >= 15 is 0 Å². The van der Waals surface area contributed by atoms with E-state index in [1.54, 1.807) is 18.2 Å². The predicted molar refractivity (Wildman–Crippen MR) is 51.4 cm³/mol. The number of nitrogens with zero attached hydrogens (tertiary/aromatic N) is 2. The fourth-order valence-corrected chi connectivity index (χ4v) is 1.26. The van der Waals surface area contributed by atoms with Gasteiger partial charge in [0.2, 0.25) is 0 Å². The van der Waals surface area contributed by atoms with Crippen molar-refractivity contribution in [3.63, 3.8) is 0 Å². The number of rotatable bonds is 2. The summed E-state index contributed by atoms with van der Waals surface area (Å²) >= 11 is 0. The third-order valence-corrected chi connectivity index (χ3v) is 1.88. The minimum atomic E-state index is 0.0859. The summed E-state index contributed by atoms with van der Waals surface area (Å²) in [4.78, 5) is 3.93. The Morgan fingerprint density at radius 1 is 1.43 bits per heavy atom. The van der Waals surface area contributed by atoms with E-state index in [1.165, 1.54) is 6.33 Å². The Bertz CT molecular complexity index is 450. The molecule has 0 aliphatic rings. The summed E-state index contributed by atoms with van der Waals surface area (Å²) in [5.74, 6) is 0.546. The molecule has 5 heteroatoms. The molecule has 70 valence electrons. The molecule has 0 unspecified atom stereocenters. The van der Waals surface area contributed by atoms with E-state index in [2.05, 4.69) is 15.2 Å². The Kier molecular flexibility index (Phi) is 1.98. The highest BCUT2D eigenvalue weighted by atomic mass is 16.3. The Balaban J connectivity index is 2.67. The fraction of sp³-hybridized carbons (Fsp3) is 0. The molecule has 1 heterocycles. The molecule has 3 N–H and O–H groups in total. The van der Waals surface area contributed by atoms with Crippen molar-refractivity contribution in [2.24, 2.45) is 0 Å². The van der Waals surface area contributed by atoms with E-state index in [-0.39, 0.29) is 5.75 Å². The lowest BCUT2D eigenvalue weighted by molar-refractivity contribution is 0.477. The van der Waals surface area contributed by atoms with Crippen LogP contribution in [0.25, 0.3) is 11.4 Å². The molecule has 0 radical (unpaired) electrons. The van der Waals surface area contributed by atoms with Crippen molar-refractivity contribution in [1.82, 2.24) is 15.2 Å². The highest BCUT2D eigenvalue weighted by Gasteiger charge is 2.10. The lowest BCUT2D eigenvalue weighted by Gasteiger charge is -2.03. The molecule has 0 aliphatic carbocycles. The van der Waals surface area contributed by atoms with Gasteiger partial charge in [0.05, 0.1) is 5.56 Å². The van der Waals surface area contributed by atoms with Crippen LogP contribution in [-0.2, 0) is 0 Å². The smallest absolute Gasteiger partial charge is 0.159 e. The molecule has 0 atom stereocenters. The second-order valence-electron chi connectivity index (χ2n) is 2.72. The predicted octanol–water partition coefficient (Wildman–Crippen LogP) is 1.17. The van der Waals surface area contributed by atoms with Crippen molar-refractivity contribution < 1.29 is 5.11 Å². The van der Waals surface area contributed by atoms with Gasteiger partial charge >= 0.3 is 0 Å². The van der Waals surface area contributed by atoms with Gasteiger partial charge in [-0.3, -0.25) is 5.10 Å². The number of aromatic nitrogens is 3. The molecule has 1 aromatic carbocycles. The maximum atomic E-state index is 9.60. The molecule has 0 amide bonds. The topological polar surface area (TPSA) is 85.7 Å². The highest BCUT2D eigenvalue weighted by Crippen LogP contribution is 2.28. The van der Waals surface area contributed by atoms with Gasteiger partial charge in [-0.1, -0.05) is 12.1 Å². The minimum absolute atomic E-state index is 0.0859. The third-order valence-electron chi connectivity index (χ3n) is 1.88. The standard InChI is InChI=1S/C9H8N4O/c10-4-6-2-1-3-7(14)8(6)9-11-5-12-13-9/h1-5,10,14H,(H,11,12,13). The van der Waals surface area contributed by atoms with Gasteiger partial charge < -0.3 is 10.5 Å². The van der Waals surface area contributed by atoms with Crippen LogP contribution < -0.4 is 0 Å². The molecular weight excluding hydrogens is 180 g/mol. The summed E-state index contributed by atoms with van der Waals surface area (Å²) in [5.41, 5.74) is 1.10. The van der Waals surface area contributed by atoms with E-state index in [1.807, 2.05) is 0 Å². The quantitative estimate of drug-likeness (QED) is 0.618. The molecule has 2 rings (SSSR count). The molecule has 2 aromatic rings. The summed E-state index contributed by atoms with van der Waals surface area (Å²) in [6.07, 6.45) is 2.52. The number of benzene rings is 1. The van der Waals surface area contributed by atoms with Crippen LogP contribution in [-0.4, -0.2) is 26.5 Å². The van der Waals surface area contributed by atoms with Crippen molar-refractivity contribution in [3.8, 4) is 17.1 Å². The van der Waals surface area contributed by atoms with Gasteiger partial charge in [-0.15, -0.1) is 0 Å². The monoisotopic (exact) mass is 188 g/mol. The zero-order valence-electron chi connectivity index (χ0n) is 7.23. The van der Waals surface area contributed by atoms with E-state index in [0.29, 0.717) is 17.0 Å². The van der Waals surface area contributed by atoms with E-state index in [4.69, 9.17) is 5.41 Å². The number of phenolic OH excluding ortho intramolecular Hbond substituents is 1. The minimum Gasteiger partial charge on any atom is -0.507 e. The van der Waals surface area contributed by atoms with Gasteiger partial charge in [0.15, 0.2) is 5.82 Å². The normalized spacial score (nSPS) is 10.0. The molecule has 0 saturated heterocycles. The largest absolute Gasteiger partial charge is 0.507 e. The van der Waals surface area contributed by atoms with Crippen molar-refractivity contribution in [1.29, 1.82) is 5.41 Å². The molecule has 0 aliphatic heterocycles. The maximum Gasteiger partial charge on any atom is 0.159 e. The van der Waals surface area contributed by atoms with Gasteiger partial charge in [0, 0.05) is 11.8 Å². The van der Waals surface area contributed by atoms with Crippen LogP contribution in [0.1, 0.15) is 5.56 Å². The van der Waals surface area contributed by atoms with Crippen molar-refractivity contribution >= 4 is 6.21 Å². The Labute approximate surface area is 79.9 Å². The third kappa shape index (κ3) is 1.24. The Morgan fingerprint density at radius 2 is 2.29 bits per heavy atom. The molecule has 1 aromatic heterocycles. The molecule has 0 bridgehead atoms. The first-order chi connectivity index (χ1) is 6.83. The number of H-pyrrole nitrogens is 1. The lowest BCUT2D eigenvalue weighted by Crippen LogP contribution is -1.89. The Morgan fingerprint density at radius 3 is 2.93 bits per heavy atom. The number of aromatic amines is 1. The van der Waals surface area contributed by atoms with Crippen LogP contribution in [0.15, 0.2) is 24.5 Å². The van der Waals surface area contributed by atoms with Crippen molar-refractivity contribution in [2.75, 3.05) is 0 Å². The average molecular weight is 188 g/mol. The second-order valence-corrected chi connectivity index (χ2v) is 2.72. The maximum absolute atomic E-state index is 9.60. The fourth-order valence-electron chi connectivity index (χ4n) is 1.26. The van der Waals surface area contributed by atoms with Gasteiger partial charge in [-0.25, -0.2) is 4.98 Å². The van der Waals surface area contributed by atoms with E-state index in [9.17, 15) is 5.11 Å². The van der Waals surface area contributed by atoms with Crippen LogP contribution in [0.5, 0.6) is 5.75 Å². The average Bonchev–Trinajstić information content (AvgIpc) is 2.70. The van der Waals surface area contributed by atoms with Gasteiger partial charge in [0.1, 0.15) is 12.1 Å². The van der Waals surface area contributed by atoms with Gasteiger partial charge in [0.25, 0.3) is 0 Å². The van der Waals surface area contributed by atoms with Gasteiger partial charge in [-0.2, -0.15) is 5.10 Å². The summed E-state index contributed by atoms with van der Waals surface area (Å²) in [7, 11) is 0.